The number of nitro groups is 1. The van der Waals surface area contributed by atoms with Crippen LogP contribution in [0.15, 0.2) is 72.9 Å². The Morgan fingerprint density at radius 2 is 1.82 bits per heavy atom. The molecule has 0 unspecified atom stereocenters. The summed E-state index contributed by atoms with van der Waals surface area (Å²) in [5.41, 5.74) is 5.16. The Bertz CT molecular complexity index is 1720. The summed E-state index contributed by atoms with van der Waals surface area (Å²) in [6, 6.07) is 19.0. The molecule has 0 bridgehead atoms. The lowest BCUT2D eigenvalue weighted by Gasteiger charge is -2.13. The zero-order valence-corrected chi connectivity index (χ0v) is 21.4. The van der Waals surface area contributed by atoms with Gasteiger partial charge in [-0.3, -0.25) is 19.6 Å². The predicted molar refractivity (Wildman–Crippen MR) is 146 cm³/mol. The van der Waals surface area contributed by atoms with E-state index >= 15 is 0 Å². The summed E-state index contributed by atoms with van der Waals surface area (Å²) in [5, 5.41) is 19.5. The van der Waals surface area contributed by atoms with Crippen LogP contribution in [0.5, 0.6) is 11.5 Å². The number of rotatable bonds is 6. The van der Waals surface area contributed by atoms with Crippen molar-refractivity contribution in [3.63, 3.8) is 0 Å². The molecule has 0 aliphatic rings. The van der Waals surface area contributed by atoms with E-state index in [4.69, 9.17) is 9.72 Å². The molecule has 0 saturated carbocycles. The third-order valence-corrected chi connectivity index (χ3v) is 6.18. The van der Waals surface area contributed by atoms with E-state index in [1.165, 1.54) is 12.1 Å². The monoisotopic (exact) mass is 507 g/mol. The molecular weight excluding hydrogens is 482 g/mol. The Labute approximate surface area is 218 Å². The minimum absolute atomic E-state index is 0.200. The Morgan fingerprint density at radius 1 is 1.03 bits per heavy atom. The number of carbonyl (C=O) groups excluding carboxylic acids is 1. The number of anilines is 1. The van der Waals surface area contributed by atoms with Crippen molar-refractivity contribution < 1.29 is 14.5 Å². The summed E-state index contributed by atoms with van der Waals surface area (Å²) in [6.45, 7) is 5.71. The van der Waals surface area contributed by atoms with Crippen LogP contribution >= 0.6 is 0 Å². The first-order chi connectivity index (χ1) is 18.2. The number of benzene rings is 3. The fourth-order valence-electron chi connectivity index (χ4n) is 4.31. The smallest absolute Gasteiger partial charge is 0.275 e. The number of hydrogen-bond donors (Lipinski definition) is 1. The topological polar surface area (TPSA) is 112 Å². The molecule has 2 heterocycles. The minimum atomic E-state index is -0.517. The summed E-state index contributed by atoms with van der Waals surface area (Å²) in [7, 11) is 1.82. The molecule has 190 valence electrons. The standard InChI is InChI=1S/C29H25N5O4/c1-17-9-10-18(2)28(11-17)38-22-13-20(12-21(14-22)34(36)37)30-29(35)24-15-27(25-16-33(4)32-19(25)3)31-26-8-6-5-7-23(24)26/h5-16H,1-4H3,(H,30,35). The molecule has 38 heavy (non-hydrogen) atoms. The molecule has 0 saturated heterocycles. The summed E-state index contributed by atoms with van der Waals surface area (Å²) >= 11 is 0. The number of nitrogens with zero attached hydrogens (tertiary/aromatic N) is 4. The van der Waals surface area contributed by atoms with Gasteiger partial charge in [0.1, 0.15) is 11.5 Å². The van der Waals surface area contributed by atoms with Gasteiger partial charge in [0.25, 0.3) is 11.6 Å². The first kappa shape index (κ1) is 24.6. The van der Waals surface area contributed by atoms with Crippen molar-refractivity contribution >= 4 is 28.2 Å². The number of carbonyl (C=O) groups is 1. The molecule has 0 fully saturated rings. The number of nitro benzene ring substituents is 1. The molecule has 0 spiro atoms. The number of aromatic nitrogens is 3. The van der Waals surface area contributed by atoms with Crippen LogP contribution in [0, 0.1) is 30.9 Å². The number of pyridine rings is 1. The quantitative estimate of drug-likeness (QED) is 0.207. The molecule has 1 amide bonds. The van der Waals surface area contributed by atoms with Crippen molar-refractivity contribution in [1.82, 2.24) is 14.8 Å². The summed E-state index contributed by atoms with van der Waals surface area (Å²) in [5.74, 6) is 0.401. The van der Waals surface area contributed by atoms with E-state index in [-0.39, 0.29) is 17.1 Å². The van der Waals surface area contributed by atoms with Gasteiger partial charge in [-0.1, -0.05) is 30.3 Å². The molecule has 5 aromatic rings. The molecule has 0 radical (unpaired) electrons. The van der Waals surface area contributed by atoms with Gasteiger partial charge in [0.05, 0.1) is 39.1 Å². The number of hydrogen-bond acceptors (Lipinski definition) is 6. The first-order valence-corrected chi connectivity index (χ1v) is 11.9. The molecule has 9 heteroatoms. The molecule has 0 aliphatic heterocycles. The zero-order valence-electron chi connectivity index (χ0n) is 21.4. The Balaban J connectivity index is 1.54. The summed E-state index contributed by atoms with van der Waals surface area (Å²) < 4.78 is 7.69. The van der Waals surface area contributed by atoms with E-state index in [1.807, 2.05) is 76.5 Å². The van der Waals surface area contributed by atoms with Crippen LogP contribution < -0.4 is 10.1 Å². The summed E-state index contributed by atoms with van der Waals surface area (Å²) in [6.07, 6.45) is 1.85. The number of para-hydroxylation sites is 1. The molecule has 0 atom stereocenters. The van der Waals surface area contributed by atoms with Crippen molar-refractivity contribution in [2.24, 2.45) is 7.05 Å². The van der Waals surface area contributed by atoms with E-state index in [0.29, 0.717) is 27.9 Å². The van der Waals surface area contributed by atoms with Gasteiger partial charge >= 0.3 is 0 Å². The van der Waals surface area contributed by atoms with E-state index in [1.54, 1.807) is 16.8 Å². The van der Waals surface area contributed by atoms with Crippen molar-refractivity contribution in [2.45, 2.75) is 20.8 Å². The molecule has 1 N–H and O–H groups in total. The van der Waals surface area contributed by atoms with E-state index in [2.05, 4.69) is 10.4 Å². The molecule has 2 aromatic heterocycles. The van der Waals surface area contributed by atoms with Crippen LogP contribution in [0.25, 0.3) is 22.2 Å². The number of ether oxygens (including phenoxy) is 1. The van der Waals surface area contributed by atoms with Crippen LogP contribution in [0.2, 0.25) is 0 Å². The van der Waals surface area contributed by atoms with Crippen molar-refractivity contribution in [1.29, 1.82) is 0 Å². The normalized spacial score (nSPS) is 10.9. The van der Waals surface area contributed by atoms with Crippen molar-refractivity contribution in [3.05, 3.63) is 105 Å². The van der Waals surface area contributed by atoms with Gasteiger partial charge in [0.15, 0.2) is 0 Å². The molecule has 0 aliphatic carbocycles. The second-order valence-corrected chi connectivity index (χ2v) is 9.17. The number of amides is 1. The second-order valence-electron chi connectivity index (χ2n) is 9.17. The van der Waals surface area contributed by atoms with Gasteiger partial charge in [-0.25, -0.2) is 4.98 Å². The molecule has 3 aromatic carbocycles. The maximum absolute atomic E-state index is 13.6. The van der Waals surface area contributed by atoms with Gasteiger partial charge in [0, 0.05) is 36.3 Å². The van der Waals surface area contributed by atoms with Crippen LogP contribution in [0.3, 0.4) is 0 Å². The minimum Gasteiger partial charge on any atom is -0.457 e. The fourth-order valence-corrected chi connectivity index (χ4v) is 4.31. The highest BCUT2D eigenvalue weighted by Gasteiger charge is 2.19. The Hall–Kier alpha value is -5.05. The van der Waals surface area contributed by atoms with Crippen LogP contribution in [0.4, 0.5) is 11.4 Å². The maximum Gasteiger partial charge on any atom is 0.275 e. The lowest BCUT2D eigenvalue weighted by molar-refractivity contribution is -0.384. The van der Waals surface area contributed by atoms with E-state index in [9.17, 15) is 14.9 Å². The highest BCUT2D eigenvalue weighted by atomic mass is 16.6. The van der Waals surface area contributed by atoms with Crippen LogP contribution in [-0.2, 0) is 7.05 Å². The van der Waals surface area contributed by atoms with Gasteiger partial charge < -0.3 is 10.1 Å². The Morgan fingerprint density at radius 3 is 2.55 bits per heavy atom. The highest BCUT2D eigenvalue weighted by molar-refractivity contribution is 6.13. The third kappa shape index (κ3) is 4.94. The average molecular weight is 508 g/mol. The van der Waals surface area contributed by atoms with Crippen molar-refractivity contribution in [2.75, 3.05) is 5.32 Å². The van der Waals surface area contributed by atoms with Gasteiger partial charge in [0.2, 0.25) is 0 Å². The van der Waals surface area contributed by atoms with E-state index < -0.39 is 10.8 Å². The largest absolute Gasteiger partial charge is 0.457 e. The summed E-state index contributed by atoms with van der Waals surface area (Å²) in [4.78, 5) is 29.5. The number of fused-ring (bicyclic) bond motifs is 1. The van der Waals surface area contributed by atoms with Gasteiger partial charge in [-0.2, -0.15) is 5.10 Å². The molecular formula is C29H25N5O4. The molecule has 5 rings (SSSR count). The van der Waals surface area contributed by atoms with Crippen molar-refractivity contribution in [3.8, 4) is 22.8 Å². The van der Waals surface area contributed by atoms with Gasteiger partial charge in [-0.05, 0) is 50.1 Å². The first-order valence-electron chi connectivity index (χ1n) is 11.9. The molecule has 9 nitrogen and oxygen atoms in total. The Kier molecular flexibility index (Phi) is 6.34. The number of aryl methyl sites for hydroxylation is 4. The lowest BCUT2D eigenvalue weighted by Crippen LogP contribution is -2.13. The third-order valence-electron chi connectivity index (χ3n) is 6.18. The SMILES string of the molecule is Cc1ccc(C)c(Oc2cc(NC(=O)c3cc(-c4cn(C)nc4C)nc4ccccc34)cc([N+](=O)[O-])c2)c1. The number of nitrogens with one attached hydrogen (secondary N) is 1. The highest BCUT2D eigenvalue weighted by Crippen LogP contribution is 2.33. The van der Waals surface area contributed by atoms with Gasteiger partial charge in [-0.15, -0.1) is 0 Å². The second kappa shape index (κ2) is 9.78. The van der Waals surface area contributed by atoms with Crippen LogP contribution in [-0.4, -0.2) is 25.6 Å². The lowest BCUT2D eigenvalue weighted by atomic mass is 10.0. The average Bonchev–Trinajstić information content (AvgIpc) is 3.23. The maximum atomic E-state index is 13.6. The van der Waals surface area contributed by atoms with Crippen LogP contribution in [0.1, 0.15) is 27.2 Å². The number of non-ortho nitro benzene ring substituents is 1. The predicted octanol–water partition coefficient (Wildman–Crippen LogP) is 6.51. The zero-order chi connectivity index (χ0) is 27.0. The fraction of sp³-hybridized carbons (Fsp3) is 0.138. The van der Waals surface area contributed by atoms with E-state index in [0.717, 1.165) is 22.4 Å².